The molecule has 0 radical (unpaired) electrons. The molecule has 0 aliphatic carbocycles. The minimum absolute atomic E-state index is 0.0694. The van der Waals surface area contributed by atoms with Crippen LogP contribution in [0.2, 0.25) is 0 Å². The molecule has 3 nitrogen and oxygen atoms in total. The Bertz CT molecular complexity index is 642. The number of hydrogen-bond donors (Lipinski definition) is 1. The van der Waals surface area contributed by atoms with Crippen LogP contribution in [-0.2, 0) is 11.3 Å². The first-order valence-electron chi connectivity index (χ1n) is 8.06. The van der Waals surface area contributed by atoms with Crippen molar-refractivity contribution in [3.8, 4) is 0 Å². The fourth-order valence-electron chi connectivity index (χ4n) is 2.85. The normalized spacial score (nSPS) is 10.8. The van der Waals surface area contributed by atoms with Crippen molar-refractivity contribution in [1.82, 2.24) is 4.90 Å². The lowest BCUT2D eigenvalue weighted by atomic mass is 10.0. The molecule has 0 heterocycles. The second-order valence-electron chi connectivity index (χ2n) is 6.30. The molecule has 1 amide bonds. The number of nitrogens with zero attached hydrogens (tertiary/aromatic N) is 1. The second-order valence-corrected chi connectivity index (χ2v) is 6.30. The molecule has 0 bridgehead atoms. The first-order valence-corrected chi connectivity index (χ1v) is 8.06. The van der Waals surface area contributed by atoms with Gasteiger partial charge in [0, 0.05) is 25.2 Å². The van der Waals surface area contributed by atoms with E-state index in [4.69, 9.17) is 0 Å². The fourth-order valence-corrected chi connectivity index (χ4v) is 2.85. The third kappa shape index (κ3) is 5.22. The highest BCUT2D eigenvalue weighted by molar-refractivity contribution is 5.92. The lowest BCUT2D eigenvalue weighted by Crippen LogP contribution is -2.24. The molecule has 0 aromatic heterocycles. The highest BCUT2D eigenvalue weighted by atomic mass is 16.1. The van der Waals surface area contributed by atoms with E-state index in [1.165, 1.54) is 11.1 Å². The van der Waals surface area contributed by atoms with Gasteiger partial charge in [0.25, 0.3) is 0 Å². The van der Waals surface area contributed by atoms with Crippen LogP contribution in [0.25, 0.3) is 0 Å². The summed E-state index contributed by atoms with van der Waals surface area (Å²) in [6, 6.07) is 14.5. The van der Waals surface area contributed by atoms with Gasteiger partial charge in [-0.25, -0.2) is 0 Å². The number of anilines is 1. The van der Waals surface area contributed by atoms with Crippen molar-refractivity contribution in [2.24, 2.45) is 0 Å². The molecule has 0 saturated carbocycles. The Balaban J connectivity index is 1.86. The molecule has 1 N–H and O–H groups in total. The summed E-state index contributed by atoms with van der Waals surface area (Å²) in [5.41, 5.74) is 5.68. The molecule has 3 heteroatoms. The maximum atomic E-state index is 12.2. The molecule has 2 rings (SSSR count). The molecular formula is C20H26N2O. The third-order valence-electron chi connectivity index (χ3n) is 3.96. The van der Waals surface area contributed by atoms with Crippen LogP contribution in [0.1, 0.15) is 28.7 Å². The van der Waals surface area contributed by atoms with Crippen molar-refractivity contribution >= 4 is 11.6 Å². The molecule has 0 unspecified atom stereocenters. The Hall–Kier alpha value is -2.13. The first-order chi connectivity index (χ1) is 11.0. The average molecular weight is 310 g/mol. The van der Waals surface area contributed by atoms with Crippen molar-refractivity contribution in [1.29, 1.82) is 0 Å². The topological polar surface area (TPSA) is 32.3 Å². The van der Waals surface area contributed by atoms with Crippen LogP contribution in [-0.4, -0.2) is 24.4 Å². The summed E-state index contributed by atoms with van der Waals surface area (Å²) in [6.07, 6.45) is 0.496. The highest BCUT2D eigenvalue weighted by Gasteiger charge is 2.09. The van der Waals surface area contributed by atoms with Crippen LogP contribution in [0.4, 0.5) is 5.69 Å². The van der Waals surface area contributed by atoms with Gasteiger partial charge in [0.15, 0.2) is 0 Å². The van der Waals surface area contributed by atoms with E-state index in [9.17, 15) is 4.79 Å². The van der Waals surface area contributed by atoms with Crippen molar-refractivity contribution in [2.45, 2.75) is 33.7 Å². The van der Waals surface area contributed by atoms with E-state index in [0.29, 0.717) is 6.42 Å². The van der Waals surface area contributed by atoms with Gasteiger partial charge < -0.3 is 10.2 Å². The predicted octanol–water partition coefficient (Wildman–Crippen LogP) is 4.07. The summed E-state index contributed by atoms with van der Waals surface area (Å²) < 4.78 is 0. The van der Waals surface area contributed by atoms with Gasteiger partial charge in [-0.2, -0.15) is 0 Å². The van der Waals surface area contributed by atoms with Gasteiger partial charge in [-0.1, -0.05) is 48.0 Å². The summed E-state index contributed by atoms with van der Waals surface area (Å²) in [5, 5.41) is 3.06. The Morgan fingerprint density at radius 2 is 1.65 bits per heavy atom. The smallest absolute Gasteiger partial charge is 0.225 e. The monoisotopic (exact) mass is 310 g/mol. The van der Waals surface area contributed by atoms with Gasteiger partial charge in [-0.15, -0.1) is 0 Å². The molecule has 0 saturated heterocycles. The maximum absolute atomic E-state index is 12.2. The van der Waals surface area contributed by atoms with E-state index in [-0.39, 0.29) is 5.91 Å². The van der Waals surface area contributed by atoms with Crippen LogP contribution in [0, 0.1) is 20.8 Å². The molecule has 2 aromatic carbocycles. The summed E-state index contributed by atoms with van der Waals surface area (Å²) >= 11 is 0. The molecule has 0 fully saturated rings. The Morgan fingerprint density at radius 3 is 2.26 bits per heavy atom. The maximum Gasteiger partial charge on any atom is 0.225 e. The van der Waals surface area contributed by atoms with E-state index in [1.54, 1.807) is 0 Å². The zero-order valence-corrected chi connectivity index (χ0v) is 14.5. The Labute approximate surface area is 139 Å². The molecule has 0 aliphatic rings. The minimum atomic E-state index is 0.0694. The number of carbonyl (C=O) groups is 1. The second kappa shape index (κ2) is 7.93. The number of rotatable bonds is 6. The van der Waals surface area contributed by atoms with Crippen LogP contribution < -0.4 is 5.32 Å². The molecule has 23 heavy (non-hydrogen) atoms. The minimum Gasteiger partial charge on any atom is -0.326 e. The number of aryl methyl sites for hydroxylation is 3. The van der Waals surface area contributed by atoms with Gasteiger partial charge in [-0.05, 0) is 44.5 Å². The zero-order valence-electron chi connectivity index (χ0n) is 14.5. The molecule has 0 aliphatic heterocycles. The zero-order chi connectivity index (χ0) is 16.8. The number of nitrogens with one attached hydrogen (secondary N) is 1. The number of amides is 1. The SMILES string of the molecule is Cc1cc(C)c(NC(=O)CCN(C)Cc2ccccc2)c(C)c1. The van der Waals surface area contributed by atoms with Crippen molar-refractivity contribution in [3.05, 3.63) is 64.7 Å². The number of carbonyl (C=O) groups excluding carboxylic acids is 1. The van der Waals surface area contributed by atoms with E-state index in [0.717, 1.165) is 29.9 Å². The molecule has 122 valence electrons. The Kier molecular flexibility index (Phi) is 5.94. The summed E-state index contributed by atoms with van der Waals surface area (Å²) in [4.78, 5) is 14.4. The van der Waals surface area contributed by atoms with Crippen molar-refractivity contribution < 1.29 is 4.79 Å². The van der Waals surface area contributed by atoms with Crippen molar-refractivity contribution in [3.63, 3.8) is 0 Å². The van der Waals surface area contributed by atoms with Crippen molar-refractivity contribution in [2.75, 3.05) is 18.9 Å². The summed E-state index contributed by atoms with van der Waals surface area (Å²) in [5.74, 6) is 0.0694. The number of benzene rings is 2. The average Bonchev–Trinajstić information content (AvgIpc) is 2.50. The quantitative estimate of drug-likeness (QED) is 0.872. The fraction of sp³-hybridized carbons (Fsp3) is 0.350. The number of hydrogen-bond acceptors (Lipinski definition) is 2. The van der Waals surface area contributed by atoms with Crippen LogP contribution in [0.3, 0.4) is 0 Å². The molecule has 0 spiro atoms. The third-order valence-corrected chi connectivity index (χ3v) is 3.96. The van der Waals surface area contributed by atoms with E-state index in [1.807, 2.05) is 39.1 Å². The summed E-state index contributed by atoms with van der Waals surface area (Å²) in [7, 11) is 2.04. The summed E-state index contributed by atoms with van der Waals surface area (Å²) in [6.45, 7) is 7.75. The predicted molar refractivity (Wildman–Crippen MR) is 96.7 cm³/mol. The standard InChI is InChI=1S/C20H26N2O/c1-15-12-16(2)20(17(3)13-15)21-19(23)10-11-22(4)14-18-8-6-5-7-9-18/h5-9,12-13H,10-11,14H2,1-4H3,(H,21,23). The van der Waals surface area contributed by atoms with Gasteiger partial charge in [0.1, 0.15) is 0 Å². The molecule has 2 aromatic rings. The molecular weight excluding hydrogens is 284 g/mol. The van der Waals surface area contributed by atoms with Gasteiger partial charge >= 0.3 is 0 Å². The van der Waals surface area contributed by atoms with E-state index < -0.39 is 0 Å². The lowest BCUT2D eigenvalue weighted by molar-refractivity contribution is -0.116. The Morgan fingerprint density at radius 1 is 1.04 bits per heavy atom. The van der Waals surface area contributed by atoms with Crippen LogP contribution >= 0.6 is 0 Å². The molecule has 0 atom stereocenters. The van der Waals surface area contributed by atoms with Gasteiger partial charge in [0.2, 0.25) is 5.91 Å². The van der Waals surface area contributed by atoms with Crippen LogP contribution in [0.15, 0.2) is 42.5 Å². The van der Waals surface area contributed by atoms with E-state index in [2.05, 4.69) is 41.4 Å². The van der Waals surface area contributed by atoms with Crippen LogP contribution in [0.5, 0.6) is 0 Å². The van der Waals surface area contributed by atoms with Gasteiger partial charge in [0.05, 0.1) is 0 Å². The van der Waals surface area contributed by atoms with Gasteiger partial charge in [-0.3, -0.25) is 4.79 Å². The highest BCUT2D eigenvalue weighted by Crippen LogP contribution is 2.22. The van der Waals surface area contributed by atoms with E-state index >= 15 is 0 Å². The first kappa shape index (κ1) is 17.2. The lowest BCUT2D eigenvalue weighted by Gasteiger charge is -2.17. The largest absolute Gasteiger partial charge is 0.326 e.